The Labute approximate surface area is 218 Å². The highest BCUT2D eigenvalue weighted by atomic mass is 16.6. The zero-order chi connectivity index (χ0) is 26.2. The molecule has 2 unspecified atom stereocenters. The average molecular weight is 511 g/mol. The van der Waals surface area contributed by atoms with E-state index in [4.69, 9.17) is 19.9 Å². The molecule has 4 rings (SSSR count). The van der Waals surface area contributed by atoms with Crippen LogP contribution in [0.15, 0.2) is 30.3 Å². The lowest BCUT2D eigenvalue weighted by Gasteiger charge is -2.32. The lowest BCUT2D eigenvalue weighted by Crippen LogP contribution is -2.40. The van der Waals surface area contributed by atoms with Crippen LogP contribution in [-0.2, 0) is 17.9 Å². The number of aromatic nitrogens is 4. The minimum absolute atomic E-state index is 0.00579. The molecule has 2 aromatic heterocycles. The number of hydrogen-bond acceptors (Lipinski definition) is 8. The number of methoxy groups -OCH3 is 1. The maximum absolute atomic E-state index is 12.6. The summed E-state index contributed by atoms with van der Waals surface area (Å²) in [6.45, 7) is 6.50. The number of carbonyl (C=O) groups excluding carboxylic acids is 1. The van der Waals surface area contributed by atoms with E-state index < -0.39 is 0 Å². The molecule has 1 aliphatic heterocycles. The van der Waals surface area contributed by atoms with Gasteiger partial charge in [0, 0.05) is 19.6 Å². The first-order valence-corrected chi connectivity index (χ1v) is 13.2. The number of amides is 1. The van der Waals surface area contributed by atoms with Crippen LogP contribution in [0.3, 0.4) is 0 Å². The number of fused-ring (bicyclic) bond motifs is 1. The Morgan fingerprint density at radius 2 is 2.03 bits per heavy atom. The third kappa shape index (κ3) is 6.81. The number of rotatable bonds is 11. The highest BCUT2D eigenvalue weighted by Crippen LogP contribution is 2.28. The molecule has 1 fully saturated rings. The van der Waals surface area contributed by atoms with Gasteiger partial charge in [0.1, 0.15) is 6.61 Å². The van der Waals surface area contributed by atoms with Crippen LogP contribution in [0.2, 0.25) is 0 Å². The van der Waals surface area contributed by atoms with Crippen molar-refractivity contribution in [1.29, 1.82) is 0 Å². The molecule has 0 radical (unpaired) electrons. The summed E-state index contributed by atoms with van der Waals surface area (Å²) in [5.41, 5.74) is 8.29. The summed E-state index contributed by atoms with van der Waals surface area (Å²) in [6, 6.07) is 10.5. The summed E-state index contributed by atoms with van der Waals surface area (Å²) in [5, 5.41) is 0. The number of aryl methyl sites for hydroxylation is 1. The van der Waals surface area contributed by atoms with E-state index in [9.17, 15) is 4.79 Å². The van der Waals surface area contributed by atoms with Gasteiger partial charge in [-0.3, -0.25) is 4.57 Å². The molecule has 10 nitrogen and oxygen atoms in total. The molecule has 10 heteroatoms. The fraction of sp³-hybridized carbons (Fsp3) is 0.556. The molecule has 0 aliphatic carbocycles. The van der Waals surface area contributed by atoms with Crippen LogP contribution >= 0.6 is 0 Å². The van der Waals surface area contributed by atoms with Gasteiger partial charge in [-0.1, -0.05) is 43.7 Å². The molecule has 2 atom stereocenters. The molecule has 200 valence electrons. The Hall–Kier alpha value is -3.56. The van der Waals surface area contributed by atoms with Gasteiger partial charge in [-0.15, -0.1) is 0 Å². The van der Waals surface area contributed by atoms with Crippen LogP contribution in [0.5, 0.6) is 12.0 Å². The van der Waals surface area contributed by atoms with Crippen molar-refractivity contribution >= 4 is 23.1 Å². The molecule has 1 saturated heterocycles. The quantitative estimate of drug-likeness (QED) is 0.390. The average Bonchev–Trinajstić information content (AvgIpc) is 3.26. The number of benzene rings is 1. The predicted octanol–water partition coefficient (Wildman–Crippen LogP) is 4.81. The zero-order valence-corrected chi connectivity index (χ0v) is 22.1. The van der Waals surface area contributed by atoms with E-state index in [2.05, 4.69) is 21.9 Å². The summed E-state index contributed by atoms with van der Waals surface area (Å²) in [5.74, 6) is 0.685. The Kier molecular flexibility index (Phi) is 9.03. The second-order valence-electron chi connectivity index (χ2n) is 9.67. The van der Waals surface area contributed by atoms with E-state index in [1.807, 2.05) is 46.7 Å². The summed E-state index contributed by atoms with van der Waals surface area (Å²) >= 11 is 0. The Bertz CT molecular complexity index is 1170. The minimum atomic E-state index is -0.243. The van der Waals surface area contributed by atoms with E-state index in [1.165, 1.54) is 0 Å². The monoisotopic (exact) mass is 510 g/mol. The molecular formula is C27H38N6O4. The van der Waals surface area contributed by atoms with Crippen molar-refractivity contribution in [2.24, 2.45) is 5.92 Å². The fourth-order valence-corrected chi connectivity index (χ4v) is 4.85. The number of ether oxygens (including phenoxy) is 3. The van der Waals surface area contributed by atoms with Gasteiger partial charge in [0.15, 0.2) is 17.0 Å². The van der Waals surface area contributed by atoms with Gasteiger partial charge < -0.3 is 24.8 Å². The first-order chi connectivity index (χ1) is 18.0. The molecule has 1 amide bonds. The van der Waals surface area contributed by atoms with E-state index in [1.54, 1.807) is 7.11 Å². The second-order valence-corrected chi connectivity index (χ2v) is 9.67. The van der Waals surface area contributed by atoms with Crippen LogP contribution in [0.1, 0.15) is 57.9 Å². The summed E-state index contributed by atoms with van der Waals surface area (Å²) < 4.78 is 18.9. The highest BCUT2D eigenvalue weighted by molar-refractivity contribution is 5.83. The molecule has 3 heterocycles. The SMILES string of the molecule is CCCC(C)Oc1nc(N)c2nc(OC)n(CCCC3CCCN(C(=O)OCc4ccccc4)C3)c2n1. The van der Waals surface area contributed by atoms with E-state index >= 15 is 0 Å². The molecular weight excluding hydrogens is 472 g/mol. The van der Waals surface area contributed by atoms with E-state index in [0.717, 1.165) is 50.6 Å². The van der Waals surface area contributed by atoms with Crippen molar-refractivity contribution < 1.29 is 19.0 Å². The maximum Gasteiger partial charge on any atom is 0.410 e. The number of nitrogen functional groups attached to an aromatic ring is 1. The maximum atomic E-state index is 12.6. The summed E-state index contributed by atoms with van der Waals surface area (Å²) in [6.07, 6.45) is 5.57. The summed E-state index contributed by atoms with van der Waals surface area (Å²) in [4.78, 5) is 27.9. The highest BCUT2D eigenvalue weighted by Gasteiger charge is 2.25. The molecule has 0 saturated carbocycles. The van der Waals surface area contributed by atoms with Gasteiger partial charge in [0.05, 0.1) is 13.2 Å². The third-order valence-electron chi connectivity index (χ3n) is 6.73. The Balaban J connectivity index is 1.35. The normalized spacial score (nSPS) is 16.5. The molecule has 0 spiro atoms. The van der Waals surface area contributed by atoms with Crippen LogP contribution in [0.4, 0.5) is 10.6 Å². The fourth-order valence-electron chi connectivity index (χ4n) is 4.85. The van der Waals surface area contributed by atoms with Crippen molar-refractivity contribution in [3.8, 4) is 12.0 Å². The van der Waals surface area contributed by atoms with Crippen LogP contribution in [0.25, 0.3) is 11.2 Å². The molecule has 1 aliphatic rings. The lowest BCUT2D eigenvalue weighted by molar-refractivity contribution is 0.0776. The number of hydrogen-bond donors (Lipinski definition) is 1. The number of piperidine rings is 1. The second kappa shape index (κ2) is 12.6. The molecule has 1 aromatic carbocycles. The molecule has 3 aromatic rings. The Morgan fingerprint density at radius 1 is 1.22 bits per heavy atom. The summed E-state index contributed by atoms with van der Waals surface area (Å²) in [7, 11) is 1.59. The van der Waals surface area contributed by atoms with Crippen molar-refractivity contribution in [1.82, 2.24) is 24.4 Å². The lowest BCUT2D eigenvalue weighted by atomic mass is 9.93. The van der Waals surface area contributed by atoms with Crippen molar-refractivity contribution in [3.05, 3.63) is 35.9 Å². The van der Waals surface area contributed by atoms with Crippen LogP contribution < -0.4 is 15.2 Å². The topological polar surface area (TPSA) is 118 Å². The largest absolute Gasteiger partial charge is 0.468 e. The van der Waals surface area contributed by atoms with E-state index in [0.29, 0.717) is 42.8 Å². The smallest absolute Gasteiger partial charge is 0.410 e. The predicted molar refractivity (Wildman–Crippen MR) is 141 cm³/mol. The van der Waals surface area contributed by atoms with Gasteiger partial charge in [-0.05, 0) is 50.5 Å². The number of likely N-dealkylation sites (tertiary alicyclic amines) is 1. The van der Waals surface area contributed by atoms with Crippen molar-refractivity contribution in [2.75, 3.05) is 25.9 Å². The van der Waals surface area contributed by atoms with Crippen molar-refractivity contribution in [3.63, 3.8) is 0 Å². The molecule has 0 bridgehead atoms. The minimum Gasteiger partial charge on any atom is -0.468 e. The van der Waals surface area contributed by atoms with Gasteiger partial charge in [-0.25, -0.2) is 4.79 Å². The number of nitrogens with two attached hydrogens (primary N) is 1. The van der Waals surface area contributed by atoms with Gasteiger partial charge in [-0.2, -0.15) is 15.0 Å². The third-order valence-corrected chi connectivity index (χ3v) is 6.73. The number of anilines is 1. The van der Waals surface area contributed by atoms with Crippen LogP contribution in [-0.4, -0.2) is 56.8 Å². The van der Waals surface area contributed by atoms with Gasteiger partial charge in [0.2, 0.25) is 0 Å². The first kappa shape index (κ1) is 26.5. The first-order valence-electron chi connectivity index (χ1n) is 13.2. The number of carbonyl (C=O) groups is 1. The molecule has 37 heavy (non-hydrogen) atoms. The van der Waals surface area contributed by atoms with Gasteiger partial charge >= 0.3 is 12.1 Å². The standard InChI is InChI=1S/C27H38N6O4/c1-4-10-19(2)37-25-30-23(28)22-24(31-25)33(26(29-22)35-3)16-9-14-20-13-8-15-32(17-20)27(34)36-18-21-11-6-5-7-12-21/h5-7,11-12,19-20H,4,8-10,13-18H2,1-3H3,(H2,28,30,31). The molecule has 2 N–H and O–H groups in total. The van der Waals surface area contributed by atoms with Crippen molar-refractivity contribution in [2.45, 2.75) is 71.6 Å². The Morgan fingerprint density at radius 3 is 2.78 bits per heavy atom. The van der Waals surface area contributed by atoms with Crippen LogP contribution in [0, 0.1) is 5.92 Å². The van der Waals surface area contributed by atoms with E-state index in [-0.39, 0.29) is 24.0 Å². The zero-order valence-electron chi connectivity index (χ0n) is 22.1. The number of nitrogens with zero attached hydrogens (tertiary/aromatic N) is 5. The van der Waals surface area contributed by atoms with Gasteiger partial charge in [0.25, 0.3) is 6.01 Å². The number of imidazole rings is 1.